The van der Waals surface area contributed by atoms with Gasteiger partial charge in [-0.3, -0.25) is 0 Å². The Balaban J connectivity index is 0.000000188. The van der Waals surface area contributed by atoms with Crippen LogP contribution < -0.4 is 0 Å². The first kappa shape index (κ1) is 55.4. The highest BCUT2D eigenvalue weighted by Gasteiger charge is 2.44. The van der Waals surface area contributed by atoms with Gasteiger partial charge in [0.15, 0.2) is 0 Å². The van der Waals surface area contributed by atoms with E-state index in [0.29, 0.717) is 66.9 Å². The molecular formula is C52H71Cl5N4O8+2. The van der Waals surface area contributed by atoms with Crippen LogP contribution in [0.2, 0.25) is 20.1 Å². The summed E-state index contributed by atoms with van der Waals surface area (Å²) in [6.07, 6.45) is 10.9. The molecule has 4 saturated carbocycles. The summed E-state index contributed by atoms with van der Waals surface area (Å²) in [5.41, 5.74) is 3.66. The normalized spacial score (nSPS) is 21.1. The zero-order valence-corrected chi connectivity index (χ0v) is 45.6. The number of rotatable bonds is 10. The molecule has 2 heterocycles. The SMILES string of the molecule is CC(C)(C)OC(=O)[N+](C)(C)C1CCC(O)CC1.CC(C)(C)OC(=O)[N+](C)(C)C1CCC(OCc2c(-c3c(Cl)cccc3Cl)noc2C2CC2)CC1.ClCc1c(-c2c(Cl)cccc2Cl)noc1C1CC1. The van der Waals surface area contributed by atoms with Gasteiger partial charge in [0.05, 0.1) is 85.1 Å². The van der Waals surface area contributed by atoms with Crippen molar-refractivity contribution in [2.75, 3.05) is 28.2 Å². The molecule has 0 atom stereocenters. The topological polar surface area (TPSA) is 134 Å². The molecule has 2 amide bonds. The molecule has 17 heteroatoms. The highest BCUT2D eigenvalue weighted by Crippen LogP contribution is 2.48. The summed E-state index contributed by atoms with van der Waals surface area (Å²) in [6.45, 7) is 11.8. The smallest absolute Gasteiger partial charge is 0.414 e. The number of benzene rings is 2. The third-order valence-electron chi connectivity index (χ3n) is 13.4. The Morgan fingerprint density at radius 2 is 0.971 bits per heavy atom. The molecule has 2 aromatic heterocycles. The number of hydrogen-bond donors (Lipinski definition) is 1. The first-order chi connectivity index (χ1) is 32.3. The van der Waals surface area contributed by atoms with Gasteiger partial charge in [0.1, 0.15) is 34.1 Å². The number of halogens is 5. The molecule has 8 rings (SSSR count). The van der Waals surface area contributed by atoms with E-state index in [9.17, 15) is 14.7 Å². The molecule has 0 radical (unpaired) electrons. The van der Waals surface area contributed by atoms with Gasteiger partial charge in [0, 0.05) is 59.8 Å². The Morgan fingerprint density at radius 3 is 1.33 bits per heavy atom. The molecule has 0 aliphatic heterocycles. The number of ether oxygens (including phenoxy) is 3. The second-order valence-corrected chi connectivity index (χ2v) is 23.8. The lowest BCUT2D eigenvalue weighted by molar-refractivity contribution is -0.846. The minimum atomic E-state index is -0.493. The van der Waals surface area contributed by atoms with Gasteiger partial charge in [-0.15, -0.1) is 11.6 Å². The fourth-order valence-corrected chi connectivity index (χ4v) is 10.3. The van der Waals surface area contributed by atoms with Crippen LogP contribution in [0.1, 0.15) is 153 Å². The van der Waals surface area contributed by atoms with Crippen LogP contribution in [0.5, 0.6) is 0 Å². The lowest BCUT2D eigenvalue weighted by atomic mass is 9.91. The lowest BCUT2D eigenvalue weighted by Gasteiger charge is -2.39. The van der Waals surface area contributed by atoms with Crippen LogP contribution in [-0.4, -0.2) is 100 Å². The Kier molecular flexibility index (Phi) is 18.4. The molecule has 0 bridgehead atoms. The number of aromatic nitrogens is 2. The second kappa shape index (κ2) is 22.9. The predicted octanol–water partition coefficient (Wildman–Crippen LogP) is 14.9. The highest BCUT2D eigenvalue weighted by atomic mass is 35.5. The van der Waals surface area contributed by atoms with E-state index < -0.39 is 11.2 Å². The van der Waals surface area contributed by atoms with Crippen molar-refractivity contribution in [2.24, 2.45) is 0 Å². The summed E-state index contributed by atoms with van der Waals surface area (Å²) in [6, 6.07) is 11.3. The highest BCUT2D eigenvalue weighted by molar-refractivity contribution is 6.39. The number of carbonyl (C=O) groups is 2. The van der Waals surface area contributed by atoms with Gasteiger partial charge >= 0.3 is 12.2 Å². The molecule has 380 valence electrons. The van der Waals surface area contributed by atoms with Crippen molar-refractivity contribution in [3.8, 4) is 22.5 Å². The Hall–Kier alpha value is -2.91. The van der Waals surface area contributed by atoms with Crippen molar-refractivity contribution >= 4 is 70.2 Å². The Labute approximate surface area is 433 Å². The molecule has 0 spiro atoms. The van der Waals surface area contributed by atoms with Crippen LogP contribution in [-0.2, 0) is 26.7 Å². The van der Waals surface area contributed by atoms with Gasteiger partial charge in [-0.25, -0.2) is 8.97 Å². The van der Waals surface area contributed by atoms with Crippen LogP contribution in [0.3, 0.4) is 0 Å². The summed E-state index contributed by atoms with van der Waals surface area (Å²) < 4.78 is 29.2. The van der Waals surface area contributed by atoms with Gasteiger partial charge < -0.3 is 28.4 Å². The quantitative estimate of drug-likeness (QED) is 0.121. The molecule has 4 aliphatic carbocycles. The van der Waals surface area contributed by atoms with E-state index in [2.05, 4.69) is 10.3 Å². The van der Waals surface area contributed by atoms with E-state index >= 15 is 0 Å². The Bertz CT molecular complexity index is 2340. The first-order valence-corrected chi connectivity index (χ1v) is 26.2. The Morgan fingerprint density at radius 1 is 0.609 bits per heavy atom. The fourth-order valence-electron chi connectivity index (χ4n) is 8.91. The average Bonchev–Trinajstić information content (AvgIpc) is 4.21. The van der Waals surface area contributed by atoms with Crippen LogP contribution >= 0.6 is 58.0 Å². The van der Waals surface area contributed by atoms with E-state index in [1.807, 2.05) is 87.9 Å². The summed E-state index contributed by atoms with van der Waals surface area (Å²) in [5, 5.41) is 20.2. The van der Waals surface area contributed by atoms with Crippen LogP contribution in [0.25, 0.3) is 22.5 Å². The van der Waals surface area contributed by atoms with Crippen molar-refractivity contribution in [2.45, 2.75) is 178 Å². The number of aliphatic hydroxyl groups is 1. The zero-order valence-electron chi connectivity index (χ0n) is 41.8. The van der Waals surface area contributed by atoms with E-state index in [-0.39, 0.29) is 45.4 Å². The second-order valence-electron chi connectivity index (χ2n) is 21.9. The predicted molar refractivity (Wildman–Crippen MR) is 273 cm³/mol. The van der Waals surface area contributed by atoms with Gasteiger partial charge in [-0.2, -0.15) is 9.59 Å². The van der Waals surface area contributed by atoms with Crippen LogP contribution in [0, 0.1) is 0 Å². The number of alkyl halides is 1. The van der Waals surface area contributed by atoms with Gasteiger partial charge in [-0.1, -0.05) is 68.8 Å². The minimum absolute atomic E-state index is 0.117. The van der Waals surface area contributed by atoms with Gasteiger partial charge in [-0.05, 0) is 117 Å². The van der Waals surface area contributed by atoms with E-state index in [0.717, 1.165) is 99.7 Å². The number of hydrogen-bond acceptors (Lipinski definition) is 10. The molecule has 0 unspecified atom stereocenters. The first-order valence-electron chi connectivity index (χ1n) is 24.2. The number of quaternary nitrogens is 2. The van der Waals surface area contributed by atoms with E-state index in [1.165, 1.54) is 0 Å². The van der Waals surface area contributed by atoms with E-state index in [1.54, 1.807) is 18.2 Å². The summed E-state index contributed by atoms with van der Waals surface area (Å²) in [7, 11) is 7.68. The molecule has 2 aromatic carbocycles. The zero-order chi connectivity index (χ0) is 50.6. The van der Waals surface area contributed by atoms with Crippen LogP contribution in [0.15, 0.2) is 45.4 Å². The van der Waals surface area contributed by atoms with Crippen LogP contribution in [0.4, 0.5) is 9.59 Å². The van der Waals surface area contributed by atoms with Gasteiger partial charge in [0.25, 0.3) is 0 Å². The molecular weight excluding hydrogens is 986 g/mol. The average molecular weight is 1060 g/mol. The summed E-state index contributed by atoms with van der Waals surface area (Å²) in [4.78, 5) is 24.9. The molecule has 4 aliphatic rings. The third-order valence-corrected chi connectivity index (χ3v) is 14.9. The molecule has 1 N–H and O–H groups in total. The maximum Gasteiger partial charge on any atom is 0.516 e. The van der Waals surface area contributed by atoms with Crippen molar-refractivity contribution in [3.63, 3.8) is 0 Å². The molecule has 12 nitrogen and oxygen atoms in total. The minimum Gasteiger partial charge on any atom is -0.414 e. The maximum atomic E-state index is 12.8. The fraction of sp³-hybridized carbons (Fsp3) is 0.615. The molecule has 4 fully saturated rings. The molecule has 4 aromatic rings. The number of nitrogens with zero attached hydrogens (tertiary/aromatic N) is 4. The van der Waals surface area contributed by atoms with E-state index in [4.69, 9.17) is 81.3 Å². The maximum absolute atomic E-state index is 12.8. The van der Waals surface area contributed by atoms with Crippen molar-refractivity contribution in [1.29, 1.82) is 0 Å². The molecule has 0 saturated heterocycles. The number of aliphatic hydroxyl groups excluding tert-OH is 1. The number of carbonyl (C=O) groups excluding carboxylic acids is 2. The van der Waals surface area contributed by atoms with Crippen molar-refractivity contribution in [3.05, 3.63) is 79.1 Å². The van der Waals surface area contributed by atoms with Gasteiger partial charge in [0.2, 0.25) is 0 Å². The molecule has 69 heavy (non-hydrogen) atoms. The standard InChI is InChI=1S/C26H35Cl2N2O4.C13H10Cl3NO.C13H26NO3/c1-26(2,3)33-25(31)30(4,5)17-11-13-18(14-12-17)32-15-19-23(29-34-24(19)16-9-10-16)22-20(27)7-6-8-21(22)28;14-6-8-12(17-18-13(8)7-4-5-7)11-9(15)2-1-3-10(11)16;1-13(2,3)17-12(16)14(4,5)10-6-8-11(15)9-7-10/h6-8,16-18H,9-15H2,1-5H3;1-3,7H,4-6H2;10-11,15H,6-9H2,1-5H3/q+1;;+1. The third kappa shape index (κ3) is 14.4. The lowest BCUT2D eigenvalue weighted by Crippen LogP contribution is -2.56. The van der Waals surface area contributed by atoms with Crippen molar-refractivity contribution < 1.29 is 46.9 Å². The number of amides is 2. The largest absolute Gasteiger partial charge is 0.516 e. The monoisotopic (exact) mass is 1050 g/mol. The summed E-state index contributed by atoms with van der Waals surface area (Å²) in [5.74, 6) is 2.98. The van der Waals surface area contributed by atoms with Crippen molar-refractivity contribution in [1.82, 2.24) is 10.3 Å². The summed E-state index contributed by atoms with van der Waals surface area (Å²) >= 11 is 31.3.